The van der Waals surface area contributed by atoms with Crippen molar-refractivity contribution in [1.82, 2.24) is 14.5 Å². The molecule has 4 aromatic rings. The van der Waals surface area contributed by atoms with E-state index in [9.17, 15) is 4.79 Å². The molecule has 0 N–H and O–H groups in total. The largest absolute Gasteiger partial charge is 0.268 e. The highest BCUT2D eigenvalue weighted by molar-refractivity contribution is 6.30. The number of hydrogen-bond acceptors (Lipinski definition) is 3. The molecule has 0 unspecified atom stereocenters. The minimum atomic E-state index is -0.122. The molecular formula is C20H14ClN3O. The molecule has 0 amide bonds. The van der Waals surface area contributed by atoms with Crippen molar-refractivity contribution in [2.75, 3.05) is 0 Å². The lowest BCUT2D eigenvalue weighted by Crippen LogP contribution is -2.22. The van der Waals surface area contributed by atoms with Crippen molar-refractivity contribution in [2.24, 2.45) is 0 Å². The number of rotatable bonds is 2. The molecule has 25 heavy (non-hydrogen) atoms. The zero-order chi connectivity index (χ0) is 17.4. The lowest BCUT2D eigenvalue weighted by molar-refractivity contribution is 0.972. The molecular weight excluding hydrogens is 334 g/mol. The fourth-order valence-corrected chi connectivity index (χ4v) is 2.88. The molecule has 4 nitrogen and oxygen atoms in total. The van der Waals surface area contributed by atoms with Crippen LogP contribution in [0.4, 0.5) is 0 Å². The summed E-state index contributed by atoms with van der Waals surface area (Å²) in [6, 6.07) is 18.3. The van der Waals surface area contributed by atoms with Crippen LogP contribution in [0.15, 0.2) is 71.7 Å². The normalized spacial score (nSPS) is 11.0. The first-order valence-corrected chi connectivity index (χ1v) is 8.22. The standard InChI is InChI=1S/C20H14ClN3O/c1-13-6-7-14(12-22-13)19-23-18-5-3-2-4-17(18)20(25)24(19)16-10-8-15(21)9-11-16/h2-12H,1H3. The first kappa shape index (κ1) is 15.5. The summed E-state index contributed by atoms with van der Waals surface area (Å²) in [5.41, 5.74) is 2.94. The molecule has 0 aliphatic rings. The number of pyridine rings is 1. The fourth-order valence-electron chi connectivity index (χ4n) is 2.76. The first-order chi connectivity index (χ1) is 12.1. The average molecular weight is 348 g/mol. The Kier molecular flexibility index (Phi) is 3.82. The number of nitrogens with zero attached hydrogens (tertiary/aromatic N) is 3. The monoisotopic (exact) mass is 347 g/mol. The lowest BCUT2D eigenvalue weighted by atomic mass is 10.2. The Hall–Kier alpha value is -2.98. The molecule has 2 aromatic carbocycles. The second kappa shape index (κ2) is 6.15. The number of benzene rings is 2. The lowest BCUT2D eigenvalue weighted by Gasteiger charge is -2.14. The molecule has 4 rings (SSSR count). The third kappa shape index (κ3) is 2.81. The molecule has 0 fully saturated rings. The smallest absolute Gasteiger partial charge is 0.266 e. The van der Waals surface area contributed by atoms with E-state index in [0.717, 1.165) is 11.3 Å². The zero-order valence-corrected chi connectivity index (χ0v) is 14.2. The summed E-state index contributed by atoms with van der Waals surface area (Å²) in [4.78, 5) is 22.2. The van der Waals surface area contributed by atoms with Crippen LogP contribution in [0.3, 0.4) is 0 Å². The van der Waals surface area contributed by atoms with Crippen molar-refractivity contribution < 1.29 is 0 Å². The van der Waals surface area contributed by atoms with Gasteiger partial charge in [0.2, 0.25) is 0 Å². The van der Waals surface area contributed by atoms with Crippen molar-refractivity contribution in [1.29, 1.82) is 0 Å². The molecule has 0 radical (unpaired) electrons. The quantitative estimate of drug-likeness (QED) is 0.539. The summed E-state index contributed by atoms with van der Waals surface area (Å²) in [6.45, 7) is 1.92. The number of halogens is 1. The van der Waals surface area contributed by atoms with Crippen molar-refractivity contribution in [3.63, 3.8) is 0 Å². The molecule has 0 bridgehead atoms. The van der Waals surface area contributed by atoms with E-state index < -0.39 is 0 Å². The van der Waals surface area contributed by atoms with Gasteiger partial charge in [0.15, 0.2) is 0 Å². The Morgan fingerprint density at radius 1 is 0.960 bits per heavy atom. The predicted molar refractivity (Wildman–Crippen MR) is 100 cm³/mol. The second-order valence-corrected chi connectivity index (χ2v) is 6.19. The van der Waals surface area contributed by atoms with Gasteiger partial charge >= 0.3 is 0 Å². The van der Waals surface area contributed by atoms with E-state index in [1.165, 1.54) is 0 Å². The number of fused-ring (bicyclic) bond motifs is 1. The van der Waals surface area contributed by atoms with Gasteiger partial charge in [0.1, 0.15) is 5.82 Å². The molecule has 0 aliphatic carbocycles. The summed E-state index contributed by atoms with van der Waals surface area (Å²) in [7, 11) is 0. The Labute approximate surface area is 149 Å². The minimum absolute atomic E-state index is 0.122. The molecule has 0 atom stereocenters. The predicted octanol–water partition coefficient (Wildman–Crippen LogP) is 4.41. The highest BCUT2D eigenvalue weighted by Crippen LogP contribution is 2.22. The molecule has 0 aliphatic heterocycles. The van der Waals surface area contributed by atoms with E-state index in [2.05, 4.69) is 4.98 Å². The van der Waals surface area contributed by atoms with Gasteiger partial charge in [-0.2, -0.15) is 0 Å². The minimum Gasteiger partial charge on any atom is -0.268 e. The van der Waals surface area contributed by atoms with Crippen LogP contribution in [0, 0.1) is 6.92 Å². The van der Waals surface area contributed by atoms with Crippen LogP contribution >= 0.6 is 11.6 Å². The van der Waals surface area contributed by atoms with Gasteiger partial charge < -0.3 is 0 Å². The van der Waals surface area contributed by atoms with E-state index in [4.69, 9.17) is 16.6 Å². The van der Waals surface area contributed by atoms with Crippen LogP contribution in [0.25, 0.3) is 28.0 Å². The SMILES string of the molecule is Cc1ccc(-c2nc3ccccc3c(=O)n2-c2ccc(Cl)cc2)cn1. The summed E-state index contributed by atoms with van der Waals surface area (Å²) in [5, 5.41) is 1.19. The summed E-state index contributed by atoms with van der Waals surface area (Å²) in [5.74, 6) is 0.554. The van der Waals surface area contributed by atoms with Crippen molar-refractivity contribution in [2.45, 2.75) is 6.92 Å². The van der Waals surface area contributed by atoms with Gasteiger partial charge in [-0.15, -0.1) is 0 Å². The summed E-state index contributed by atoms with van der Waals surface area (Å²) >= 11 is 6.00. The van der Waals surface area contributed by atoms with Gasteiger partial charge in [-0.05, 0) is 55.5 Å². The highest BCUT2D eigenvalue weighted by atomic mass is 35.5. The molecule has 5 heteroatoms. The first-order valence-electron chi connectivity index (χ1n) is 7.84. The van der Waals surface area contributed by atoms with Gasteiger partial charge in [-0.25, -0.2) is 4.98 Å². The maximum absolute atomic E-state index is 13.1. The Bertz CT molecular complexity index is 1120. The van der Waals surface area contributed by atoms with Crippen molar-refractivity contribution in [3.05, 3.63) is 87.9 Å². The Morgan fingerprint density at radius 2 is 1.72 bits per heavy atom. The zero-order valence-electron chi connectivity index (χ0n) is 13.5. The number of para-hydroxylation sites is 1. The summed E-state index contributed by atoms with van der Waals surface area (Å²) < 4.78 is 1.60. The van der Waals surface area contributed by atoms with E-state index in [1.807, 2.05) is 49.4 Å². The number of aryl methyl sites for hydroxylation is 1. The van der Waals surface area contributed by atoms with Gasteiger partial charge in [-0.3, -0.25) is 14.3 Å². The van der Waals surface area contributed by atoms with E-state index in [0.29, 0.717) is 27.4 Å². The third-order valence-electron chi connectivity index (χ3n) is 4.03. The van der Waals surface area contributed by atoms with Crippen LogP contribution in [0.1, 0.15) is 5.69 Å². The fraction of sp³-hybridized carbons (Fsp3) is 0.0500. The van der Waals surface area contributed by atoms with Crippen LogP contribution in [-0.4, -0.2) is 14.5 Å². The van der Waals surface area contributed by atoms with E-state index >= 15 is 0 Å². The van der Waals surface area contributed by atoms with Crippen molar-refractivity contribution in [3.8, 4) is 17.1 Å². The molecule has 0 saturated heterocycles. The molecule has 2 aromatic heterocycles. The van der Waals surface area contributed by atoms with Gasteiger partial charge in [0, 0.05) is 22.5 Å². The average Bonchev–Trinajstić information content (AvgIpc) is 2.63. The molecule has 2 heterocycles. The van der Waals surface area contributed by atoms with Gasteiger partial charge in [0.05, 0.1) is 16.6 Å². The number of hydrogen-bond donors (Lipinski definition) is 0. The maximum atomic E-state index is 13.1. The van der Waals surface area contributed by atoms with Gasteiger partial charge in [-0.1, -0.05) is 23.7 Å². The maximum Gasteiger partial charge on any atom is 0.266 e. The van der Waals surface area contributed by atoms with Crippen LogP contribution < -0.4 is 5.56 Å². The van der Waals surface area contributed by atoms with E-state index in [1.54, 1.807) is 29.0 Å². The topological polar surface area (TPSA) is 47.8 Å². The van der Waals surface area contributed by atoms with Crippen molar-refractivity contribution >= 4 is 22.5 Å². The number of aromatic nitrogens is 3. The van der Waals surface area contributed by atoms with E-state index in [-0.39, 0.29) is 5.56 Å². The van der Waals surface area contributed by atoms with Crippen LogP contribution in [0.5, 0.6) is 0 Å². The third-order valence-corrected chi connectivity index (χ3v) is 4.28. The Morgan fingerprint density at radius 3 is 2.44 bits per heavy atom. The molecule has 122 valence electrons. The Balaban J connectivity index is 2.09. The van der Waals surface area contributed by atoms with Gasteiger partial charge in [0.25, 0.3) is 5.56 Å². The molecule has 0 saturated carbocycles. The highest BCUT2D eigenvalue weighted by Gasteiger charge is 2.14. The van der Waals surface area contributed by atoms with Crippen LogP contribution in [0.2, 0.25) is 5.02 Å². The molecule has 0 spiro atoms. The van der Waals surface area contributed by atoms with Crippen LogP contribution in [-0.2, 0) is 0 Å². The summed E-state index contributed by atoms with van der Waals surface area (Å²) in [6.07, 6.45) is 1.73. The second-order valence-electron chi connectivity index (χ2n) is 5.76.